The number of hydrogen-bond acceptors (Lipinski definition) is 2. The third-order valence-corrected chi connectivity index (χ3v) is 2.30. The van der Waals surface area contributed by atoms with Gasteiger partial charge in [0.05, 0.1) is 12.2 Å². The first-order valence-corrected chi connectivity index (χ1v) is 5.00. The van der Waals surface area contributed by atoms with Crippen molar-refractivity contribution in [2.45, 2.75) is 13.8 Å². The van der Waals surface area contributed by atoms with Gasteiger partial charge in [-0.2, -0.15) is 0 Å². The van der Waals surface area contributed by atoms with Crippen molar-refractivity contribution in [1.29, 1.82) is 0 Å². The summed E-state index contributed by atoms with van der Waals surface area (Å²) < 4.78 is 13.3. The highest BCUT2D eigenvalue weighted by Gasteiger charge is 2.13. The topological polar surface area (TPSA) is 20.3 Å². The third-order valence-electron chi connectivity index (χ3n) is 2.30. The lowest BCUT2D eigenvalue weighted by Crippen LogP contribution is -2.28. The van der Waals surface area contributed by atoms with Gasteiger partial charge in [-0.25, -0.2) is 4.39 Å². The Morgan fingerprint density at radius 2 is 2.00 bits per heavy atom. The van der Waals surface area contributed by atoms with Crippen LogP contribution in [-0.4, -0.2) is 19.4 Å². The van der Waals surface area contributed by atoms with Crippen LogP contribution in [0.4, 0.5) is 10.1 Å². The summed E-state index contributed by atoms with van der Waals surface area (Å²) in [5.41, 5.74) is 0.464. The summed E-state index contributed by atoms with van der Waals surface area (Å²) in [4.78, 5) is 13.1. The van der Waals surface area contributed by atoms with Gasteiger partial charge in [0.25, 0.3) is 0 Å². The predicted molar refractivity (Wildman–Crippen MR) is 59.5 cm³/mol. The maximum Gasteiger partial charge on any atom is 0.154 e. The standard InChI is InChI=1S/C12H16FNO/c1-9(2)12(15)8-14(3)11-7-5-4-6-10(11)13/h4-7,9H,8H2,1-3H3. The number of rotatable bonds is 4. The van der Waals surface area contributed by atoms with Gasteiger partial charge in [0, 0.05) is 13.0 Å². The molecule has 1 aromatic rings. The van der Waals surface area contributed by atoms with E-state index >= 15 is 0 Å². The molecule has 0 bridgehead atoms. The Balaban J connectivity index is 2.73. The van der Waals surface area contributed by atoms with Crippen LogP contribution in [0.5, 0.6) is 0 Å². The molecule has 2 nitrogen and oxygen atoms in total. The molecule has 1 rings (SSSR count). The molecular formula is C12H16FNO. The van der Waals surface area contributed by atoms with Gasteiger partial charge in [0.15, 0.2) is 5.78 Å². The Labute approximate surface area is 89.7 Å². The average Bonchev–Trinajstić information content (AvgIpc) is 2.18. The molecule has 3 heteroatoms. The minimum Gasteiger partial charge on any atom is -0.365 e. The van der Waals surface area contributed by atoms with Crippen LogP contribution in [-0.2, 0) is 4.79 Å². The Morgan fingerprint density at radius 1 is 1.40 bits per heavy atom. The molecular weight excluding hydrogens is 193 g/mol. The number of carbonyl (C=O) groups is 1. The molecule has 0 radical (unpaired) electrons. The molecule has 82 valence electrons. The van der Waals surface area contributed by atoms with Crippen LogP contribution in [0.1, 0.15) is 13.8 Å². The van der Waals surface area contributed by atoms with Gasteiger partial charge >= 0.3 is 0 Å². The minimum absolute atomic E-state index is 0.0146. The largest absolute Gasteiger partial charge is 0.365 e. The van der Waals surface area contributed by atoms with E-state index in [2.05, 4.69) is 0 Å². The monoisotopic (exact) mass is 209 g/mol. The van der Waals surface area contributed by atoms with E-state index in [9.17, 15) is 9.18 Å². The number of hydrogen-bond donors (Lipinski definition) is 0. The number of Topliss-reactive ketones (excluding diaryl/α,β-unsaturated/α-hetero) is 1. The van der Waals surface area contributed by atoms with Crippen molar-refractivity contribution in [2.24, 2.45) is 5.92 Å². The zero-order valence-electron chi connectivity index (χ0n) is 9.33. The first-order valence-electron chi connectivity index (χ1n) is 5.00. The fraction of sp³-hybridized carbons (Fsp3) is 0.417. The van der Waals surface area contributed by atoms with Gasteiger partial charge in [0.1, 0.15) is 5.82 Å². The molecule has 0 heterocycles. The van der Waals surface area contributed by atoms with Gasteiger partial charge in [0.2, 0.25) is 0 Å². The summed E-state index contributed by atoms with van der Waals surface area (Å²) in [5.74, 6) is -0.198. The van der Waals surface area contributed by atoms with Gasteiger partial charge in [-0.05, 0) is 12.1 Å². The summed E-state index contributed by atoms with van der Waals surface area (Å²) in [5, 5.41) is 0. The smallest absolute Gasteiger partial charge is 0.154 e. The SMILES string of the molecule is CC(C)C(=O)CN(C)c1ccccc1F. The van der Waals surface area contributed by atoms with Crippen molar-refractivity contribution in [3.63, 3.8) is 0 Å². The van der Waals surface area contributed by atoms with Gasteiger partial charge in [-0.15, -0.1) is 0 Å². The van der Waals surface area contributed by atoms with Crippen molar-refractivity contribution in [1.82, 2.24) is 0 Å². The highest BCUT2D eigenvalue weighted by Crippen LogP contribution is 2.17. The van der Waals surface area contributed by atoms with E-state index in [0.717, 1.165) is 0 Å². The molecule has 0 N–H and O–H groups in total. The van der Waals surface area contributed by atoms with E-state index in [1.807, 2.05) is 13.8 Å². The van der Waals surface area contributed by atoms with Crippen LogP contribution in [0, 0.1) is 11.7 Å². The summed E-state index contributed by atoms with van der Waals surface area (Å²) in [6.07, 6.45) is 0. The molecule has 0 aromatic heterocycles. The van der Waals surface area contributed by atoms with E-state index in [0.29, 0.717) is 5.69 Å². The van der Waals surface area contributed by atoms with E-state index in [-0.39, 0.29) is 24.1 Å². The summed E-state index contributed by atoms with van der Waals surface area (Å²) in [6.45, 7) is 3.94. The number of carbonyl (C=O) groups excluding carboxylic acids is 1. The van der Waals surface area contributed by atoms with Crippen molar-refractivity contribution in [3.05, 3.63) is 30.1 Å². The maximum atomic E-state index is 13.3. The summed E-state index contributed by atoms with van der Waals surface area (Å²) in [7, 11) is 1.72. The molecule has 0 saturated heterocycles. The van der Waals surface area contributed by atoms with Crippen LogP contribution < -0.4 is 4.90 Å². The molecule has 0 unspecified atom stereocenters. The number of ketones is 1. The molecule has 0 saturated carbocycles. The molecule has 1 aromatic carbocycles. The van der Waals surface area contributed by atoms with Gasteiger partial charge in [-0.3, -0.25) is 4.79 Å². The second kappa shape index (κ2) is 4.91. The number of halogens is 1. The van der Waals surface area contributed by atoms with Gasteiger partial charge < -0.3 is 4.90 Å². The third kappa shape index (κ3) is 3.05. The molecule has 0 atom stereocenters. The average molecular weight is 209 g/mol. The highest BCUT2D eigenvalue weighted by molar-refractivity contribution is 5.85. The molecule has 0 aliphatic carbocycles. The number of anilines is 1. The molecule has 0 amide bonds. The van der Waals surface area contributed by atoms with E-state index < -0.39 is 0 Å². The lowest BCUT2D eigenvalue weighted by molar-refractivity contribution is -0.120. The maximum absolute atomic E-state index is 13.3. The minimum atomic E-state index is -0.295. The quantitative estimate of drug-likeness (QED) is 0.759. The first kappa shape index (κ1) is 11.7. The van der Waals surface area contributed by atoms with Crippen molar-refractivity contribution in [2.75, 3.05) is 18.5 Å². The Morgan fingerprint density at radius 3 is 2.53 bits per heavy atom. The lowest BCUT2D eigenvalue weighted by atomic mass is 10.1. The molecule has 0 aliphatic heterocycles. The van der Waals surface area contributed by atoms with E-state index in [1.54, 1.807) is 30.1 Å². The second-order valence-electron chi connectivity index (χ2n) is 3.93. The molecule has 0 fully saturated rings. The lowest BCUT2D eigenvalue weighted by Gasteiger charge is -2.19. The Bertz CT molecular complexity index is 349. The zero-order valence-corrected chi connectivity index (χ0v) is 9.33. The van der Waals surface area contributed by atoms with E-state index in [1.165, 1.54) is 6.07 Å². The summed E-state index contributed by atoms with van der Waals surface area (Å²) >= 11 is 0. The normalized spacial score (nSPS) is 10.5. The Hall–Kier alpha value is -1.38. The van der Waals surface area contributed by atoms with Crippen LogP contribution in [0.3, 0.4) is 0 Å². The fourth-order valence-corrected chi connectivity index (χ4v) is 1.26. The first-order chi connectivity index (χ1) is 7.02. The number of likely N-dealkylation sites (N-methyl/N-ethyl adjacent to an activating group) is 1. The zero-order chi connectivity index (χ0) is 11.4. The predicted octanol–water partition coefficient (Wildman–Crippen LogP) is 2.49. The second-order valence-corrected chi connectivity index (χ2v) is 3.93. The van der Waals surface area contributed by atoms with Crippen LogP contribution >= 0.6 is 0 Å². The van der Waals surface area contributed by atoms with Crippen LogP contribution in [0.25, 0.3) is 0 Å². The molecule has 15 heavy (non-hydrogen) atoms. The Kier molecular flexibility index (Phi) is 3.83. The number of nitrogens with zero attached hydrogens (tertiary/aromatic N) is 1. The summed E-state index contributed by atoms with van der Waals surface area (Å²) in [6, 6.07) is 6.46. The van der Waals surface area contributed by atoms with Crippen molar-refractivity contribution >= 4 is 11.5 Å². The fourth-order valence-electron chi connectivity index (χ4n) is 1.26. The molecule has 0 spiro atoms. The number of benzene rings is 1. The highest BCUT2D eigenvalue weighted by atomic mass is 19.1. The number of para-hydroxylation sites is 1. The van der Waals surface area contributed by atoms with E-state index in [4.69, 9.17) is 0 Å². The van der Waals surface area contributed by atoms with Gasteiger partial charge in [-0.1, -0.05) is 26.0 Å². The van der Waals surface area contributed by atoms with Crippen molar-refractivity contribution in [3.8, 4) is 0 Å². The molecule has 0 aliphatic rings. The van der Waals surface area contributed by atoms with Crippen LogP contribution in [0.2, 0.25) is 0 Å². The van der Waals surface area contributed by atoms with Crippen LogP contribution in [0.15, 0.2) is 24.3 Å². The van der Waals surface area contributed by atoms with Crippen molar-refractivity contribution < 1.29 is 9.18 Å².